The normalized spacial score (nSPS) is 12.5. The molecule has 0 spiro atoms. The van der Waals surface area contributed by atoms with Crippen LogP contribution in [0.2, 0.25) is 5.15 Å². The second-order valence-electron chi connectivity index (χ2n) is 3.95. The number of hydrogen-bond donors (Lipinski definition) is 1. The van der Waals surface area contributed by atoms with Crippen molar-refractivity contribution in [2.24, 2.45) is 0 Å². The van der Waals surface area contributed by atoms with E-state index in [1.54, 1.807) is 6.07 Å². The maximum absolute atomic E-state index is 5.99. The highest BCUT2D eigenvalue weighted by Gasteiger charge is 2.08. The van der Waals surface area contributed by atoms with Gasteiger partial charge in [0.25, 0.3) is 0 Å². The molecular formula is C12H20ClN3S. The van der Waals surface area contributed by atoms with E-state index in [4.69, 9.17) is 11.6 Å². The van der Waals surface area contributed by atoms with Crippen LogP contribution in [-0.4, -0.2) is 28.0 Å². The van der Waals surface area contributed by atoms with Crippen LogP contribution in [-0.2, 0) is 6.42 Å². The molecule has 0 aliphatic rings. The van der Waals surface area contributed by atoms with Gasteiger partial charge < -0.3 is 5.32 Å². The summed E-state index contributed by atoms with van der Waals surface area (Å²) < 4.78 is 0. The third-order valence-electron chi connectivity index (χ3n) is 2.43. The smallest absolute Gasteiger partial charge is 0.134 e. The predicted molar refractivity (Wildman–Crippen MR) is 77.1 cm³/mol. The lowest BCUT2D eigenvalue weighted by Gasteiger charge is -2.16. The number of anilines is 1. The number of aromatic nitrogens is 2. The molecule has 0 radical (unpaired) electrons. The molecule has 1 aromatic heterocycles. The molecule has 5 heteroatoms. The lowest BCUT2D eigenvalue weighted by molar-refractivity contribution is 0.762. The van der Waals surface area contributed by atoms with Crippen molar-refractivity contribution in [1.82, 2.24) is 9.97 Å². The number of hydrogen-bond acceptors (Lipinski definition) is 4. The molecule has 1 atom stereocenters. The van der Waals surface area contributed by atoms with Crippen LogP contribution in [0, 0.1) is 0 Å². The molecule has 17 heavy (non-hydrogen) atoms. The lowest BCUT2D eigenvalue weighted by Crippen LogP contribution is -2.22. The third-order valence-corrected chi connectivity index (χ3v) is 3.36. The van der Waals surface area contributed by atoms with Crippen molar-refractivity contribution in [3.63, 3.8) is 0 Å². The van der Waals surface area contributed by atoms with Gasteiger partial charge in [-0.1, -0.05) is 25.4 Å². The minimum atomic E-state index is 0.436. The van der Waals surface area contributed by atoms with E-state index in [2.05, 4.69) is 35.4 Å². The average Bonchev–Trinajstić information content (AvgIpc) is 2.28. The fourth-order valence-corrected chi connectivity index (χ4v) is 2.47. The Morgan fingerprint density at radius 3 is 2.76 bits per heavy atom. The van der Waals surface area contributed by atoms with Gasteiger partial charge >= 0.3 is 0 Å². The van der Waals surface area contributed by atoms with Crippen molar-refractivity contribution in [2.75, 3.05) is 17.3 Å². The van der Waals surface area contributed by atoms with Gasteiger partial charge in [-0.15, -0.1) is 0 Å². The minimum Gasteiger partial charge on any atom is -0.366 e. The molecule has 0 amide bonds. The Labute approximate surface area is 113 Å². The molecule has 0 aliphatic carbocycles. The van der Waals surface area contributed by atoms with Gasteiger partial charge in [0.2, 0.25) is 0 Å². The molecule has 1 unspecified atom stereocenters. The third kappa shape index (κ3) is 5.13. The van der Waals surface area contributed by atoms with Gasteiger partial charge in [0.05, 0.1) is 0 Å². The van der Waals surface area contributed by atoms with Gasteiger partial charge in [-0.3, -0.25) is 0 Å². The van der Waals surface area contributed by atoms with Crippen molar-refractivity contribution in [3.05, 3.63) is 17.0 Å². The maximum atomic E-state index is 5.99. The monoisotopic (exact) mass is 273 g/mol. The first-order valence-electron chi connectivity index (χ1n) is 5.98. The summed E-state index contributed by atoms with van der Waals surface area (Å²) in [5.74, 6) is 2.73. The highest BCUT2D eigenvalue weighted by molar-refractivity contribution is 7.98. The fraction of sp³-hybridized carbons (Fsp3) is 0.667. The molecule has 1 rings (SSSR count). The second kappa shape index (κ2) is 7.77. The Bertz CT molecular complexity index is 347. The molecule has 1 N–H and O–H groups in total. The fourth-order valence-electron chi connectivity index (χ4n) is 1.55. The summed E-state index contributed by atoms with van der Waals surface area (Å²) in [5.41, 5.74) is 0. The summed E-state index contributed by atoms with van der Waals surface area (Å²) >= 11 is 7.83. The highest BCUT2D eigenvalue weighted by Crippen LogP contribution is 2.15. The minimum absolute atomic E-state index is 0.436. The maximum Gasteiger partial charge on any atom is 0.134 e. The Morgan fingerprint density at radius 1 is 1.41 bits per heavy atom. The van der Waals surface area contributed by atoms with Gasteiger partial charge in [0.15, 0.2) is 0 Å². The van der Waals surface area contributed by atoms with E-state index in [0.29, 0.717) is 11.2 Å². The average molecular weight is 274 g/mol. The molecule has 0 saturated carbocycles. The van der Waals surface area contributed by atoms with Crippen LogP contribution in [0.1, 0.15) is 32.5 Å². The molecule has 3 nitrogen and oxygen atoms in total. The number of nitrogens with one attached hydrogen (secondary N) is 1. The van der Waals surface area contributed by atoms with Gasteiger partial charge in [0, 0.05) is 24.3 Å². The molecule has 0 aromatic carbocycles. The zero-order valence-electron chi connectivity index (χ0n) is 10.7. The van der Waals surface area contributed by atoms with Crippen molar-refractivity contribution in [2.45, 2.75) is 39.2 Å². The number of halogens is 1. The van der Waals surface area contributed by atoms with Crippen LogP contribution in [0.25, 0.3) is 0 Å². The van der Waals surface area contributed by atoms with Crippen LogP contribution >= 0.6 is 23.4 Å². The number of thioether (sulfide) groups is 1. The van der Waals surface area contributed by atoms with Gasteiger partial charge in [-0.25, -0.2) is 9.97 Å². The van der Waals surface area contributed by atoms with Crippen molar-refractivity contribution in [3.8, 4) is 0 Å². The second-order valence-corrected chi connectivity index (χ2v) is 5.24. The van der Waals surface area contributed by atoms with Crippen LogP contribution in [0.15, 0.2) is 6.07 Å². The zero-order valence-corrected chi connectivity index (χ0v) is 12.2. The first kappa shape index (κ1) is 14.6. The summed E-state index contributed by atoms with van der Waals surface area (Å²) in [6.07, 6.45) is 5.09. The molecule has 0 aliphatic heterocycles. The SMILES string of the molecule is CCCc1nc(Cl)cc(NC(CC)CSC)n1. The lowest BCUT2D eigenvalue weighted by atomic mass is 10.2. The molecule has 0 bridgehead atoms. The van der Waals surface area contributed by atoms with E-state index < -0.39 is 0 Å². The van der Waals surface area contributed by atoms with E-state index >= 15 is 0 Å². The summed E-state index contributed by atoms with van der Waals surface area (Å²) in [4.78, 5) is 8.69. The topological polar surface area (TPSA) is 37.8 Å². The molecule has 1 aromatic rings. The van der Waals surface area contributed by atoms with Crippen molar-refractivity contribution < 1.29 is 0 Å². The van der Waals surface area contributed by atoms with E-state index in [0.717, 1.165) is 36.7 Å². The molecule has 0 fully saturated rings. The van der Waals surface area contributed by atoms with Crippen molar-refractivity contribution >= 4 is 29.2 Å². The highest BCUT2D eigenvalue weighted by atomic mass is 35.5. The first-order chi connectivity index (χ1) is 8.19. The standard InChI is InChI=1S/C12H20ClN3S/c1-4-6-11-15-10(13)7-12(16-11)14-9(5-2)8-17-3/h7,9H,4-6,8H2,1-3H3,(H,14,15,16). The van der Waals surface area contributed by atoms with E-state index in [9.17, 15) is 0 Å². The van der Waals surface area contributed by atoms with E-state index in [1.807, 2.05) is 11.8 Å². The van der Waals surface area contributed by atoms with E-state index in [-0.39, 0.29) is 0 Å². The largest absolute Gasteiger partial charge is 0.366 e. The molecular weight excluding hydrogens is 254 g/mol. The zero-order chi connectivity index (χ0) is 12.7. The van der Waals surface area contributed by atoms with Crippen molar-refractivity contribution in [1.29, 1.82) is 0 Å². The summed E-state index contributed by atoms with van der Waals surface area (Å²) in [5, 5.41) is 3.93. The van der Waals surface area contributed by atoms with Crippen LogP contribution in [0.4, 0.5) is 5.82 Å². The Kier molecular flexibility index (Phi) is 6.66. The van der Waals surface area contributed by atoms with Crippen LogP contribution in [0.5, 0.6) is 0 Å². The van der Waals surface area contributed by atoms with Crippen LogP contribution < -0.4 is 5.32 Å². The van der Waals surface area contributed by atoms with Gasteiger partial charge in [-0.2, -0.15) is 11.8 Å². The Balaban J connectivity index is 2.75. The Hall–Kier alpha value is -0.480. The van der Waals surface area contributed by atoms with Gasteiger partial charge in [0.1, 0.15) is 16.8 Å². The van der Waals surface area contributed by atoms with Gasteiger partial charge in [-0.05, 0) is 19.1 Å². The molecule has 1 heterocycles. The van der Waals surface area contributed by atoms with Crippen LogP contribution in [0.3, 0.4) is 0 Å². The number of nitrogens with zero attached hydrogens (tertiary/aromatic N) is 2. The molecule has 96 valence electrons. The predicted octanol–water partition coefficient (Wildman–Crippen LogP) is 3.64. The number of rotatable bonds is 7. The van der Waals surface area contributed by atoms with E-state index in [1.165, 1.54) is 0 Å². The first-order valence-corrected chi connectivity index (χ1v) is 7.75. The quantitative estimate of drug-likeness (QED) is 0.770. The summed E-state index contributed by atoms with van der Waals surface area (Å²) in [7, 11) is 0. The summed E-state index contributed by atoms with van der Waals surface area (Å²) in [6, 6.07) is 2.23. The Morgan fingerprint density at radius 2 is 2.18 bits per heavy atom. The summed E-state index contributed by atoms with van der Waals surface area (Å²) in [6.45, 7) is 4.28. The molecule has 0 saturated heterocycles. The number of aryl methyl sites for hydroxylation is 1.